The van der Waals surface area contributed by atoms with Crippen LogP contribution in [0.5, 0.6) is 0 Å². The number of carbonyl (C=O) groups excluding carboxylic acids is 1. The van der Waals surface area contributed by atoms with Crippen LogP contribution in [0.15, 0.2) is 18.2 Å². The fourth-order valence-electron chi connectivity index (χ4n) is 3.19. The van der Waals surface area contributed by atoms with Gasteiger partial charge in [-0.15, -0.1) is 0 Å². The summed E-state index contributed by atoms with van der Waals surface area (Å²) >= 11 is 0. The molecule has 1 aliphatic carbocycles. The summed E-state index contributed by atoms with van der Waals surface area (Å²) in [6.07, 6.45) is 3.32. The van der Waals surface area contributed by atoms with E-state index in [0.29, 0.717) is 6.54 Å². The molecule has 0 aliphatic heterocycles. The highest BCUT2D eigenvalue weighted by Crippen LogP contribution is 2.43. The van der Waals surface area contributed by atoms with Crippen LogP contribution in [0.2, 0.25) is 0 Å². The Bertz CT molecular complexity index is 623. The number of amides is 2. The predicted molar refractivity (Wildman–Crippen MR) is 94.3 cm³/mol. The molecule has 1 saturated carbocycles. The second-order valence-electron chi connectivity index (χ2n) is 7.21. The van der Waals surface area contributed by atoms with Crippen LogP contribution in [0.25, 0.3) is 0 Å². The maximum Gasteiger partial charge on any atom is 0.317 e. The second kappa shape index (κ2) is 7.24. The maximum atomic E-state index is 12.3. The molecule has 1 aromatic rings. The lowest BCUT2D eigenvalue weighted by molar-refractivity contribution is -0.141. The van der Waals surface area contributed by atoms with Gasteiger partial charge in [0.15, 0.2) is 0 Å². The molecule has 1 aromatic carbocycles. The van der Waals surface area contributed by atoms with E-state index in [9.17, 15) is 9.59 Å². The van der Waals surface area contributed by atoms with Crippen LogP contribution in [0.4, 0.5) is 4.79 Å². The van der Waals surface area contributed by atoms with Crippen LogP contribution in [0.1, 0.15) is 42.9 Å². The van der Waals surface area contributed by atoms with Gasteiger partial charge in [-0.2, -0.15) is 0 Å². The third-order valence-electron chi connectivity index (χ3n) is 5.32. The third kappa shape index (κ3) is 3.89. The Labute approximate surface area is 144 Å². The van der Waals surface area contributed by atoms with Crippen LogP contribution in [0, 0.1) is 19.8 Å². The number of nitrogens with zero attached hydrogens (tertiary/aromatic N) is 1. The maximum absolute atomic E-state index is 12.3. The number of aryl methyl sites for hydroxylation is 2. The molecule has 5 heteroatoms. The zero-order chi connectivity index (χ0) is 17.9. The molecule has 0 bridgehead atoms. The Hall–Kier alpha value is -2.04. The molecule has 132 valence electrons. The Morgan fingerprint density at radius 3 is 2.46 bits per heavy atom. The number of carboxylic acid groups (broad SMARTS) is 1. The average molecular weight is 332 g/mol. The minimum Gasteiger partial charge on any atom is -0.481 e. The molecular formula is C19H28N2O3. The Kier molecular flexibility index (Phi) is 5.52. The summed E-state index contributed by atoms with van der Waals surface area (Å²) in [6, 6.07) is 6.34. The summed E-state index contributed by atoms with van der Waals surface area (Å²) in [5, 5.41) is 12.0. The quantitative estimate of drug-likeness (QED) is 0.841. The van der Waals surface area contributed by atoms with Gasteiger partial charge in [-0.25, -0.2) is 4.79 Å². The van der Waals surface area contributed by atoms with E-state index in [1.165, 1.54) is 28.0 Å². The SMILES string of the molecule is Cc1ccc(C2(CNC(=O)N(C)CC(C)C(=O)O)CCC2)cc1C. The minimum absolute atomic E-state index is 0.0212. The van der Waals surface area contributed by atoms with E-state index in [1.54, 1.807) is 14.0 Å². The number of carboxylic acids is 1. The zero-order valence-electron chi connectivity index (χ0n) is 15.1. The first-order chi connectivity index (χ1) is 11.2. The van der Waals surface area contributed by atoms with Crippen molar-refractivity contribution >= 4 is 12.0 Å². The van der Waals surface area contributed by atoms with Gasteiger partial charge in [-0.05, 0) is 43.4 Å². The van der Waals surface area contributed by atoms with Gasteiger partial charge < -0.3 is 15.3 Å². The Morgan fingerprint density at radius 1 is 1.29 bits per heavy atom. The van der Waals surface area contributed by atoms with Crippen molar-refractivity contribution in [3.63, 3.8) is 0 Å². The van der Waals surface area contributed by atoms with Crippen molar-refractivity contribution in [3.8, 4) is 0 Å². The molecule has 2 rings (SSSR count). The molecule has 0 saturated heterocycles. The molecule has 0 aromatic heterocycles. The van der Waals surface area contributed by atoms with Crippen LogP contribution in [0.3, 0.4) is 0 Å². The van der Waals surface area contributed by atoms with E-state index in [0.717, 1.165) is 12.8 Å². The highest BCUT2D eigenvalue weighted by Gasteiger charge is 2.39. The molecule has 24 heavy (non-hydrogen) atoms. The molecule has 2 N–H and O–H groups in total. The number of urea groups is 1. The number of nitrogens with one attached hydrogen (secondary N) is 1. The number of rotatable bonds is 6. The van der Waals surface area contributed by atoms with Crippen LogP contribution in [-0.2, 0) is 10.2 Å². The van der Waals surface area contributed by atoms with Crippen molar-refractivity contribution in [1.82, 2.24) is 10.2 Å². The molecule has 1 fully saturated rings. The Balaban J connectivity index is 1.99. The van der Waals surface area contributed by atoms with Gasteiger partial charge in [0.25, 0.3) is 0 Å². The van der Waals surface area contributed by atoms with Gasteiger partial charge in [-0.1, -0.05) is 31.5 Å². The summed E-state index contributed by atoms with van der Waals surface area (Å²) in [5.41, 5.74) is 3.86. The summed E-state index contributed by atoms with van der Waals surface area (Å²) in [4.78, 5) is 24.6. The van der Waals surface area contributed by atoms with Crippen molar-refractivity contribution in [1.29, 1.82) is 0 Å². The van der Waals surface area contributed by atoms with Crippen LogP contribution < -0.4 is 5.32 Å². The lowest BCUT2D eigenvalue weighted by atomic mass is 9.64. The van der Waals surface area contributed by atoms with Gasteiger partial charge in [0.2, 0.25) is 0 Å². The van der Waals surface area contributed by atoms with E-state index in [4.69, 9.17) is 5.11 Å². The second-order valence-corrected chi connectivity index (χ2v) is 7.21. The summed E-state index contributed by atoms with van der Waals surface area (Å²) in [5.74, 6) is -1.46. The molecule has 0 radical (unpaired) electrons. The normalized spacial score (nSPS) is 16.8. The molecule has 0 spiro atoms. The van der Waals surface area contributed by atoms with E-state index >= 15 is 0 Å². The molecule has 1 aliphatic rings. The monoisotopic (exact) mass is 332 g/mol. The van der Waals surface area contributed by atoms with E-state index in [-0.39, 0.29) is 18.0 Å². The first-order valence-electron chi connectivity index (χ1n) is 8.55. The lowest BCUT2D eigenvalue weighted by Gasteiger charge is -2.43. The highest BCUT2D eigenvalue weighted by atomic mass is 16.4. The fraction of sp³-hybridized carbons (Fsp3) is 0.579. The number of hydrogen-bond donors (Lipinski definition) is 2. The van der Waals surface area contributed by atoms with Gasteiger partial charge in [0.1, 0.15) is 0 Å². The summed E-state index contributed by atoms with van der Waals surface area (Å²) in [7, 11) is 1.64. The average Bonchev–Trinajstić information content (AvgIpc) is 2.49. The van der Waals surface area contributed by atoms with Crippen molar-refractivity contribution in [2.45, 2.75) is 45.4 Å². The van der Waals surface area contributed by atoms with E-state index in [1.807, 2.05) is 0 Å². The highest BCUT2D eigenvalue weighted by molar-refractivity contribution is 5.75. The van der Waals surface area contributed by atoms with Crippen molar-refractivity contribution in [3.05, 3.63) is 34.9 Å². The van der Waals surface area contributed by atoms with Crippen LogP contribution >= 0.6 is 0 Å². The van der Waals surface area contributed by atoms with E-state index < -0.39 is 11.9 Å². The molecule has 1 unspecified atom stereocenters. The summed E-state index contributed by atoms with van der Waals surface area (Å²) in [6.45, 7) is 6.63. The molecule has 0 heterocycles. The lowest BCUT2D eigenvalue weighted by Crippen LogP contribution is -2.49. The fourth-order valence-corrected chi connectivity index (χ4v) is 3.19. The van der Waals surface area contributed by atoms with Crippen molar-refractivity contribution in [2.24, 2.45) is 5.92 Å². The molecule has 5 nitrogen and oxygen atoms in total. The first kappa shape index (κ1) is 18.3. The van der Waals surface area contributed by atoms with Gasteiger partial charge in [0, 0.05) is 25.6 Å². The Morgan fingerprint density at radius 2 is 1.96 bits per heavy atom. The summed E-state index contributed by atoms with van der Waals surface area (Å²) < 4.78 is 0. The van der Waals surface area contributed by atoms with Crippen molar-refractivity contribution < 1.29 is 14.7 Å². The standard InChI is InChI=1S/C19H28N2O3/c1-13-6-7-16(10-14(13)2)19(8-5-9-19)12-20-18(24)21(4)11-15(3)17(22)23/h6-7,10,15H,5,8-9,11-12H2,1-4H3,(H,20,24)(H,22,23). The first-order valence-corrected chi connectivity index (χ1v) is 8.55. The third-order valence-corrected chi connectivity index (χ3v) is 5.32. The van der Waals surface area contributed by atoms with E-state index in [2.05, 4.69) is 37.4 Å². The predicted octanol–water partition coefficient (Wildman–Crippen LogP) is 3.09. The van der Waals surface area contributed by atoms with Gasteiger partial charge >= 0.3 is 12.0 Å². The number of aliphatic carboxylic acids is 1. The largest absolute Gasteiger partial charge is 0.481 e. The van der Waals surface area contributed by atoms with Crippen LogP contribution in [-0.4, -0.2) is 42.1 Å². The molecule has 1 atom stereocenters. The minimum atomic E-state index is -0.889. The molecule has 2 amide bonds. The topological polar surface area (TPSA) is 69.6 Å². The van der Waals surface area contributed by atoms with Gasteiger partial charge in [0.05, 0.1) is 5.92 Å². The van der Waals surface area contributed by atoms with Crippen molar-refractivity contribution in [2.75, 3.05) is 20.1 Å². The zero-order valence-corrected chi connectivity index (χ0v) is 15.1. The van der Waals surface area contributed by atoms with Gasteiger partial charge in [-0.3, -0.25) is 4.79 Å². The number of benzene rings is 1. The smallest absolute Gasteiger partial charge is 0.317 e. The number of carbonyl (C=O) groups is 2. The number of hydrogen-bond acceptors (Lipinski definition) is 2. The molecular weight excluding hydrogens is 304 g/mol.